The highest BCUT2D eigenvalue weighted by Crippen LogP contribution is 2.14. The highest BCUT2D eigenvalue weighted by atomic mass is 35.5. The number of ether oxygens (including phenoxy) is 1. The second kappa shape index (κ2) is 6.61. The molecule has 1 atom stereocenters. The Bertz CT molecular complexity index is 334. The third-order valence-corrected chi connectivity index (χ3v) is 2.16. The van der Waals surface area contributed by atoms with Crippen molar-refractivity contribution in [1.82, 2.24) is 4.98 Å². The van der Waals surface area contributed by atoms with E-state index in [1.165, 1.54) is 7.11 Å². The molecule has 2 N–H and O–H groups in total. The Morgan fingerprint density at radius 2 is 2.40 bits per heavy atom. The molecule has 1 aromatic rings. The topological polar surface area (TPSA) is 65.2 Å². The van der Waals surface area contributed by atoms with Crippen LogP contribution in [-0.4, -0.2) is 24.1 Å². The number of methoxy groups -OCH3 is 1. The summed E-state index contributed by atoms with van der Waals surface area (Å²) in [6, 6.07) is 0.961. The fourth-order valence-electron chi connectivity index (χ4n) is 1.03. The summed E-state index contributed by atoms with van der Waals surface area (Å²) in [5, 5.41) is 0.555. The minimum absolute atomic E-state index is 0. The van der Waals surface area contributed by atoms with Crippen LogP contribution in [0.1, 0.15) is 5.56 Å². The third-order valence-electron chi connectivity index (χ3n) is 1.79. The molecule has 0 aliphatic heterocycles. The zero-order chi connectivity index (χ0) is 10.6. The van der Waals surface area contributed by atoms with Gasteiger partial charge in [-0.2, -0.15) is 0 Å². The van der Waals surface area contributed by atoms with Crippen molar-refractivity contribution in [2.24, 2.45) is 5.73 Å². The fourth-order valence-corrected chi connectivity index (χ4v) is 1.21. The van der Waals surface area contributed by atoms with Gasteiger partial charge >= 0.3 is 5.97 Å². The standard InChI is InChI=1S/C9H11ClN2O2.ClH/c1-14-9(13)8(11)4-6-5-12-3-2-7(6)10;/h2-3,5,8H,4,11H2,1H3;1H/t8-;/m0./s1. The number of carbonyl (C=O) groups is 1. The molecule has 6 heteroatoms. The van der Waals surface area contributed by atoms with Gasteiger partial charge in [-0.15, -0.1) is 12.4 Å². The average molecular weight is 251 g/mol. The van der Waals surface area contributed by atoms with Crippen LogP contribution in [0.4, 0.5) is 0 Å². The van der Waals surface area contributed by atoms with E-state index in [0.29, 0.717) is 11.4 Å². The first-order chi connectivity index (χ1) is 6.65. The molecule has 0 bridgehead atoms. The van der Waals surface area contributed by atoms with Crippen LogP contribution in [0.5, 0.6) is 0 Å². The highest BCUT2D eigenvalue weighted by Gasteiger charge is 2.15. The van der Waals surface area contributed by atoms with Crippen molar-refractivity contribution in [2.75, 3.05) is 7.11 Å². The molecule has 0 radical (unpaired) electrons. The first kappa shape index (κ1) is 14.2. The van der Waals surface area contributed by atoms with Crippen LogP contribution < -0.4 is 5.73 Å². The van der Waals surface area contributed by atoms with Crippen molar-refractivity contribution in [3.63, 3.8) is 0 Å². The summed E-state index contributed by atoms with van der Waals surface area (Å²) in [5.74, 6) is -0.454. The number of hydrogen-bond donors (Lipinski definition) is 1. The van der Waals surface area contributed by atoms with Crippen molar-refractivity contribution in [1.29, 1.82) is 0 Å². The molecule has 15 heavy (non-hydrogen) atoms. The molecule has 0 saturated heterocycles. The van der Waals surface area contributed by atoms with Crippen LogP contribution in [0, 0.1) is 0 Å². The number of hydrogen-bond acceptors (Lipinski definition) is 4. The Morgan fingerprint density at radius 3 is 2.93 bits per heavy atom. The van der Waals surface area contributed by atoms with E-state index >= 15 is 0 Å². The van der Waals surface area contributed by atoms with E-state index in [-0.39, 0.29) is 12.4 Å². The van der Waals surface area contributed by atoms with Crippen LogP contribution in [0.3, 0.4) is 0 Å². The summed E-state index contributed by atoms with van der Waals surface area (Å²) < 4.78 is 4.50. The summed E-state index contributed by atoms with van der Waals surface area (Å²) in [5.41, 5.74) is 6.31. The molecular weight excluding hydrogens is 239 g/mol. The summed E-state index contributed by atoms with van der Waals surface area (Å²) in [4.78, 5) is 14.9. The summed E-state index contributed by atoms with van der Waals surface area (Å²) in [6.07, 6.45) is 3.50. The number of nitrogens with two attached hydrogens (primary N) is 1. The number of esters is 1. The summed E-state index contributed by atoms with van der Waals surface area (Å²) in [7, 11) is 1.30. The largest absolute Gasteiger partial charge is 0.468 e. The second-order valence-electron chi connectivity index (χ2n) is 2.80. The molecule has 0 aliphatic rings. The zero-order valence-electron chi connectivity index (χ0n) is 8.14. The summed E-state index contributed by atoms with van der Waals surface area (Å²) in [6.45, 7) is 0. The van der Waals surface area contributed by atoms with Crippen LogP contribution in [0.15, 0.2) is 18.5 Å². The maximum Gasteiger partial charge on any atom is 0.322 e. The van der Waals surface area contributed by atoms with Crippen LogP contribution in [0.2, 0.25) is 5.02 Å². The van der Waals surface area contributed by atoms with Crippen molar-refractivity contribution in [3.8, 4) is 0 Å². The average Bonchev–Trinajstić information content (AvgIpc) is 2.20. The van der Waals surface area contributed by atoms with E-state index in [9.17, 15) is 4.79 Å². The quantitative estimate of drug-likeness (QED) is 0.820. The highest BCUT2D eigenvalue weighted by molar-refractivity contribution is 6.31. The number of nitrogens with zero attached hydrogens (tertiary/aromatic N) is 1. The van der Waals surface area contributed by atoms with Gasteiger partial charge in [-0.05, 0) is 11.6 Å². The lowest BCUT2D eigenvalue weighted by molar-refractivity contribution is -0.142. The number of carbonyl (C=O) groups excluding carboxylic acids is 1. The van der Waals surface area contributed by atoms with Crippen molar-refractivity contribution in [3.05, 3.63) is 29.0 Å². The van der Waals surface area contributed by atoms with E-state index in [4.69, 9.17) is 17.3 Å². The monoisotopic (exact) mass is 250 g/mol. The molecule has 0 aromatic carbocycles. The maximum atomic E-state index is 11.0. The van der Waals surface area contributed by atoms with Gasteiger partial charge in [-0.1, -0.05) is 11.6 Å². The van der Waals surface area contributed by atoms with Crippen LogP contribution in [0.25, 0.3) is 0 Å². The molecule has 0 aliphatic carbocycles. The van der Waals surface area contributed by atoms with Gasteiger partial charge in [0.15, 0.2) is 0 Å². The number of pyridine rings is 1. The Hall–Kier alpha value is -0.840. The third kappa shape index (κ3) is 4.03. The Kier molecular flexibility index (Phi) is 6.24. The van der Waals surface area contributed by atoms with E-state index < -0.39 is 12.0 Å². The minimum Gasteiger partial charge on any atom is -0.468 e. The zero-order valence-corrected chi connectivity index (χ0v) is 9.72. The van der Waals surface area contributed by atoms with E-state index in [2.05, 4.69) is 9.72 Å². The lowest BCUT2D eigenvalue weighted by Gasteiger charge is -2.09. The van der Waals surface area contributed by atoms with Crippen molar-refractivity contribution >= 4 is 30.0 Å². The van der Waals surface area contributed by atoms with Crippen molar-refractivity contribution in [2.45, 2.75) is 12.5 Å². The molecule has 1 aromatic heterocycles. The van der Waals surface area contributed by atoms with Crippen LogP contribution in [-0.2, 0) is 16.0 Å². The molecule has 4 nitrogen and oxygen atoms in total. The van der Waals surface area contributed by atoms with Gasteiger partial charge in [0, 0.05) is 23.8 Å². The summed E-state index contributed by atoms with van der Waals surface area (Å²) >= 11 is 5.87. The Morgan fingerprint density at radius 1 is 1.73 bits per heavy atom. The molecule has 84 valence electrons. The number of aromatic nitrogens is 1. The number of rotatable bonds is 3. The Balaban J connectivity index is 0.00000196. The molecule has 0 amide bonds. The first-order valence-electron chi connectivity index (χ1n) is 4.07. The van der Waals surface area contributed by atoms with Gasteiger partial charge < -0.3 is 10.5 Å². The van der Waals surface area contributed by atoms with E-state index in [0.717, 1.165) is 5.56 Å². The van der Waals surface area contributed by atoms with Gasteiger partial charge in [-0.25, -0.2) is 0 Å². The first-order valence-corrected chi connectivity index (χ1v) is 4.44. The smallest absolute Gasteiger partial charge is 0.322 e. The molecule has 0 fully saturated rings. The molecule has 0 unspecified atom stereocenters. The van der Waals surface area contributed by atoms with Gasteiger partial charge in [0.05, 0.1) is 7.11 Å². The Labute approximate surface area is 99.2 Å². The molecule has 0 saturated carbocycles. The number of halogens is 2. The SMILES string of the molecule is COC(=O)[C@@H](N)Cc1cnccc1Cl.Cl. The van der Waals surface area contributed by atoms with Crippen molar-refractivity contribution < 1.29 is 9.53 Å². The lowest BCUT2D eigenvalue weighted by atomic mass is 10.1. The lowest BCUT2D eigenvalue weighted by Crippen LogP contribution is -2.33. The fraction of sp³-hybridized carbons (Fsp3) is 0.333. The maximum absolute atomic E-state index is 11.0. The van der Waals surface area contributed by atoms with E-state index in [1.807, 2.05) is 0 Å². The van der Waals surface area contributed by atoms with Crippen LogP contribution >= 0.6 is 24.0 Å². The molecule has 0 spiro atoms. The minimum atomic E-state index is -0.693. The second-order valence-corrected chi connectivity index (χ2v) is 3.21. The van der Waals surface area contributed by atoms with Gasteiger partial charge in [-0.3, -0.25) is 9.78 Å². The van der Waals surface area contributed by atoms with Gasteiger partial charge in [0.2, 0.25) is 0 Å². The predicted molar refractivity (Wildman–Crippen MR) is 60.2 cm³/mol. The normalized spacial score (nSPS) is 11.4. The van der Waals surface area contributed by atoms with E-state index in [1.54, 1.807) is 18.5 Å². The van der Waals surface area contributed by atoms with Gasteiger partial charge in [0.1, 0.15) is 6.04 Å². The van der Waals surface area contributed by atoms with Gasteiger partial charge in [0.25, 0.3) is 0 Å². The molecular formula is C9H12Cl2N2O2. The predicted octanol–water partition coefficient (Wildman–Crippen LogP) is 1.20. The molecule has 1 heterocycles. The molecule has 1 rings (SSSR count).